The lowest BCUT2D eigenvalue weighted by atomic mass is 9.66. The second kappa shape index (κ2) is 4.41. The quantitative estimate of drug-likeness (QED) is 0.826. The molecule has 4 heterocycles. The van der Waals surface area contributed by atoms with Gasteiger partial charge in [-0.25, -0.2) is 4.98 Å². The molecule has 3 saturated heterocycles. The largest absolute Gasteiger partial charge is 0.466 e. The number of nitrogens with zero attached hydrogens (tertiary/aromatic N) is 2. The maximum absolute atomic E-state index is 6.11. The van der Waals surface area contributed by atoms with Crippen molar-refractivity contribution in [2.24, 2.45) is 17.8 Å². The number of hydrogen-bond acceptors (Lipinski definition) is 4. The van der Waals surface area contributed by atoms with Gasteiger partial charge in [0.15, 0.2) is 0 Å². The molecular weight excluding hydrogens is 256 g/mol. The minimum atomic E-state index is 0. The summed E-state index contributed by atoms with van der Waals surface area (Å²) in [6.45, 7) is 3.85. The van der Waals surface area contributed by atoms with Crippen molar-refractivity contribution in [2.75, 3.05) is 19.6 Å². The molecule has 4 fully saturated rings. The van der Waals surface area contributed by atoms with E-state index in [0.29, 0.717) is 6.10 Å². The van der Waals surface area contributed by atoms with Crippen LogP contribution in [-0.4, -0.2) is 35.6 Å². The summed E-state index contributed by atoms with van der Waals surface area (Å²) in [7, 11) is 0. The molecule has 2 unspecified atom stereocenters. The fraction of sp³-hybridized carbons (Fsp3) is 0.750. The third kappa shape index (κ3) is 1.96. The monoisotopic (exact) mass is 272 g/mol. The van der Waals surface area contributed by atoms with Gasteiger partial charge in [0.2, 0.25) is 0 Å². The highest BCUT2D eigenvalue weighted by molar-refractivity contribution is 7.11. The zero-order chi connectivity index (χ0) is 10.5. The Hall–Kier alpha value is -0.320. The van der Waals surface area contributed by atoms with Gasteiger partial charge < -0.3 is 9.64 Å². The van der Waals surface area contributed by atoms with Crippen LogP contribution in [0.3, 0.4) is 0 Å². The Kier molecular flexibility index (Phi) is 3.05. The van der Waals surface area contributed by atoms with Crippen LogP contribution in [0.2, 0.25) is 0 Å². The van der Waals surface area contributed by atoms with E-state index in [1.165, 1.54) is 32.5 Å². The molecule has 0 spiro atoms. The van der Waals surface area contributed by atoms with E-state index in [9.17, 15) is 0 Å². The van der Waals surface area contributed by atoms with E-state index >= 15 is 0 Å². The van der Waals surface area contributed by atoms with Gasteiger partial charge in [-0.2, -0.15) is 0 Å². The Morgan fingerprint density at radius 3 is 2.59 bits per heavy atom. The van der Waals surface area contributed by atoms with Gasteiger partial charge in [-0.3, -0.25) is 0 Å². The van der Waals surface area contributed by atoms with Crippen LogP contribution in [0.25, 0.3) is 0 Å². The van der Waals surface area contributed by atoms with Crippen molar-refractivity contribution in [3.63, 3.8) is 0 Å². The molecule has 0 amide bonds. The van der Waals surface area contributed by atoms with Crippen LogP contribution in [0, 0.1) is 17.8 Å². The highest BCUT2D eigenvalue weighted by Gasteiger charge is 2.48. The van der Waals surface area contributed by atoms with Gasteiger partial charge in [0.1, 0.15) is 6.10 Å². The number of piperidine rings is 3. The van der Waals surface area contributed by atoms with Gasteiger partial charge >= 0.3 is 0 Å². The number of hydrogen-bond donors (Lipinski definition) is 0. The Morgan fingerprint density at radius 1 is 1.24 bits per heavy atom. The molecule has 2 atom stereocenters. The van der Waals surface area contributed by atoms with E-state index in [4.69, 9.17) is 4.74 Å². The molecule has 94 valence electrons. The summed E-state index contributed by atoms with van der Waals surface area (Å²) in [4.78, 5) is 6.88. The third-order valence-corrected chi connectivity index (χ3v) is 5.01. The number of aromatic nitrogens is 1. The van der Waals surface area contributed by atoms with Crippen LogP contribution in [0.4, 0.5) is 0 Å². The molecule has 1 aromatic heterocycles. The van der Waals surface area contributed by atoms with E-state index in [1.807, 2.05) is 11.6 Å². The van der Waals surface area contributed by atoms with Gasteiger partial charge in [0.05, 0.1) is 0 Å². The van der Waals surface area contributed by atoms with Crippen molar-refractivity contribution in [1.82, 2.24) is 9.88 Å². The Labute approximate surface area is 112 Å². The Bertz CT molecular complexity index is 356. The molecule has 5 rings (SSSR count). The number of halogens is 1. The molecule has 4 bridgehead atoms. The van der Waals surface area contributed by atoms with Crippen molar-refractivity contribution in [1.29, 1.82) is 0 Å². The summed E-state index contributed by atoms with van der Waals surface area (Å²) in [5.41, 5.74) is 0. The highest BCUT2D eigenvalue weighted by atomic mass is 35.5. The minimum Gasteiger partial charge on any atom is -0.466 e. The zero-order valence-electron chi connectivity index (χ0n) is 9.62. The molecule has 1 aliphatic carbocycles. The lowest BCUT2D eigenvalue weighted by Gasteiger charge is -2.55. The van der Waals surface area contributed by atoms with E-state index in [0.717, 1.165) is 22.9 Å². The van der Waals surface area contributed by atoms with Crippen LogP contribution in [0.1, 0.15) is 12.8 Å². The lowest BCUT2D eigenvalue weighted by molar-refractivity contribution is -0.0985. The van der Waals surface area contributed by atoms with Crippen molar-refractivity contribution >= 4 is 23.7 Å². The number of thiazole rings is 1. The van der Waals surface area contributed by atoms with Crippen LogP contribution in [-0.2, 0) is 0 Å². The summed E-state index contributed by atoms with van der Waals surface area (Å²) >= 11 is 1.62. The fourth-order valence-corrected chi connectivity index (χ4v) is 4.47. The van der Waals surface area contributed by atoms with E-state index < -0.39 is 0 Å². The summed E-state index contributed by atoms with van der Waals surface area (Å²) in [6, 6.07) is 0. The molecule has 5 heteroatoms. The van der Waals surface area contributed by atoms with Crippen molar-refractivity contribution < 1.29 is 4.74 Å². The Morgan fingerprint density at radius 2 is 2.00 bits per heavy atom. The van der Waals surface area contributed by atoms with E-state index in [2.05, 4.69) is 9.88 Å². The zero-order valence-corrected chi connectivity index (χ0v) is 11.3. The highest BCUT2D eigenvalue weighted by Crippen LogP contribution is 2.44. The van der Waals surface area contributed by atoms with Crippen LogP contribution in [0.5, 0.6) is 5.19 Å². The third-order valence-electron chi connectivity index (χ3n) is 4.35. The molecular formula is C12H17ClN2OS. The van der Waals surface area contributed by atoms with Gasteiger partial charge in [-0.05, 0) is 18.8 Å². The lowest BCUT2D eigenvalue weighted by Crippen LogP contribution is -2.61. The number of ether oxygens (including phenoxy) is 1. The normalized spacial score (nSPS) is 42.2. The molecule has 0 N–H and O–H groups in total. The van der Waals surface area contributed by atoms with Gasteiger partial charge in [0.25, 0.3) is 5.19 Å². The predicted octanol–water partition coefficient (Wildman–Crippen LogP) is 2.28. The van der Waals surface area contributed by atoms with Crippen molar-refractivity contribution in [3.05, 3.63) is 11.6 Å². The topological polar surface area (TPSA) is 25.4 Å². The smallest absolute Gasteiger partial charge is 0.273 e. The average molecular weight is 273 g/mol. The van der Waals surface area contributed by atoms with E-state index in [1.54, 1.807) is 11.3 Å². The second-order valence-corrected chi connectivity index (χ2v) is 6.31. The molecule has 4 aliphatic rings. The summed E-state index contributed by atoms with van der Waals surface area (Å²) < 4.78 is 6.11. The molecule has 3 aliphatic heterocycles. The molecule has 0 radical (unpaired) electrons. The number of rotatable bonds is 2. The Balaban J connectivity index is 0.000000902. The van der Waals surface area contributed by atoms with Crippen LogP contribution in [0.15, 0.2) is 11.6 Å². The summed E-state index contributed by atoms with van der Waals surface area (Å²) in [5, 5.41) is 2.86. The first-order valence-corrected chi connectivity index (χ1v) is 7.05. The van der Waals surface area contributed by atoms with Crippen molar-refractivity contribution in [3.8, 4) is 5.19 Å². The molecule has 17 heavy (non-hydrogen) atoms. The van der Waals surface area contributed by atoms with Gasteiger partial charge in [-0.15, -0.1) is 12.4 Å². The second-order valence-electron chi connectivity index (χ2n) is 5.46. The average Bonchev–Trinajstić information content (AvgIpc) is 2.75. The molecule has 1 aromatic rings. The predicted molar refractivity (Wildman–Crippen MR) is 69.9 cm³/mol. The SMILES string of the molecule is Cl.c1csc(OC2C3CC4CC2CN(C4)C3)n1. The van der Waals surface area contributed by atoms with Crippen LogP contribution >= 0.6 is 23.7 Å². The summed E-state index contributed by atoms with van der Waals surface area (Å²) in [6.07, 6.45) is 5.03. The van der Waals surface area contributed by atoms with Crippen LogP contribution < -0.4 is 4.74 Å². The standard InChI is InChI=1S/C12H16N2OS.ClH/c1-2-16-12(13-1)15-11-9-3-8-4-10(11)7-14(5-8)6-9;/h1-2,8-11H,3-7H2;1H. The van der Waals surface area contributed by atoms with E-state index in [-0.39, 0.29) is 12.4 Å². The van der Waals surface area contributed by atoms with Crippen molar-refractivity contribution in [2.45, 2.75) is 18.9 Å². The molecule has 0 aromatic carbocycles. The van der Waals surface area contributed by atoms with Gasteiger partial charge in [-0.1, -0.05) is 11.3 Å². The fourth-order valence-electron chi connectivity index (χ4n) is 3.94. The minimum absolute atomic E-state index is 0. The first-order valence-electron chi connectivity index (χ1n) is 6.17. The maximum atomic E-state index is 6.11. The van der Waals surface area contributed by atoms with Gasteiger partial charge in [0, 0.05) is 43.0 Å². The molecule has 3 nitrogen and oxygen atoms in total. The first kappa shape index (κ1) is 11.8. The molecule has 1 saturated carbocycles. The maximum Gasteiger partial charge on any atom is 0.273 e. The first-order chi connectivity index (χ1) is 7.88. The summed E-state index contributed by atoms with van der Waals surface area (Å²) in [5.74, 6) is 2.47.